The van der Waals surface area contributed by atoms with Gasteiger partial charge >= 0.3 is 5.97 Å². The lowest BCUT2D eigenvalue weighted by molar-refractivity contribution is -0.121. The number of rotatable bonds is 4. The minimum atomic E-state index is -0.958. The Morgan fingerprint density at radius 1 is 1.11 bits per heavy atom. The molecule has 0 radical (unpaired) electrons. The van der Waals surface area contributed by atoms with E-state index in [1.165, 1.54) is 30.6 Å². The Balaban J connectivity index is 1.69. The van der Waals surface area contributed by atoms with Crippen LogP contribution in [0.3, 0.4) is 0 Å². The van der Waals surface area contributed by atoms with Crippen LogP contribution in [0.4, 0.5) is 5.69 Å². The van der Waals surface area contributed by atoms with Crippen LogP contribution in [-0.4, -0.2) is 23.0 Å². The Bertz CT molecular complexity index is 857. The summed E-state index contributed by atoms with van der Waals surface area (Å²) in [7, 11) is 0. The van der Waals surface area contributed by atoms with Gasteiger partial charge in [-0.05, 0) is 60.2 Å². The molecule has 4 rings (SSSR count). The third-order valence-corrected chi connectivity index (χ3v) is 7.32. The number of carbonyl (C=O) groups excluding carboxylic acids is 1. The first-order valence-corrected chi connectivity index (χ1v) is 11.2. The number of hydrogen-bond acceptors (Lipinski definition) is 3. The van der Waals surface area contributed by atoms with Gasteiger partial charge in [0.2, 0.25) is 5.91 Å². The fourth-order valence-corrected chi connectivity index (χ4v) is 5.70. The molecule has 2 unspecified atom stereocenters. The van der Waals surface area contributed by atoms with Gasteiger partial charge in [-0.25, -0.2) is 4.79 Å². The summed E-state index contributed by atoms with van der Waals surface area (Å²) < 4.78 is 0. The number of carboxylic acid groups (broad SMARTS) is 1. The summed E-state index contributed by atoms with van der Waals surface area (Å²) in [6.45, 7) is 0. The van der Waals surface area contributed by atoms with Crippen molar-refractivity contribution in [1.82, 2.24) is 0 Å². The first-order valence-electron chi connectivity index (χ1n) is 9.93. The highest BCUT2D eigenvalue weighted by Crippen LogP contribution is 2.43. The quantitative estimate of drug-likeness (QED) is 0.667. The van der Waals surface area contributed by atoms with Gasteiger partial charge < -0.3 is 10.0 Å². The SMILES string of the molecule is O=C(O)c1sccc1N1C(=O)CC(c2ccc(Cl)cc2)CC1C1CCCCC1. The van der Waals surface area contributed by atoms with Crippen LogP contribution in [0.15, 0.2) is 35.7 Å². The van der Waals surface area contributed by atoms with Gasteiger partial charge in [0.05, 0.1) is 5.69 Å². The van der Waals surface area contributed by atoms with E-state index in [2.05, 4.69) is 0 Å². The Morgan fingerprint density at radius 3 is 2.50 bits per heavy atom. The second-order valence-electron chi connectivity index (χ2n) is 7.86. The normalized spacial score (nSPS) is 23.8. The van der Waals surface area contributed by atoms with E-state index < -0.39 is 5.97 Å². The van der Waals surface area contributed by atoms with E-state index in [0.717, 1.165) is 24.8 Å². The Labute approximate surface area is 174 Å². The Kier molecular flexibility index (Phi) is 5.74. The molecular formula is C22H24ClNO3S. The number of amides is 1. The molecule has 1 saturated heterocycles. The molecule has 2 fully saturated rings. The van der Waals surface area contributed by atoms with Crippen LogP contribution >= 0.6 is 22.9 Å². The molecule has 2 heterocycles. The molecule has 4 nitrogen and oxygen atoms in total. The minimum absolute atomic E-state index is 0.0303. The predicted octanol–water partition coefficient (Wildman–Crippen LogP) is 5.96. The summed E-state index contributed by atoms with van der Waals surface area (Å²) in [6.07, 6.45) is 7.10. The second-order valence-corrected chi connectivity index (χ2v) is 9.21. The maximum atomic E-state index is 13.3. The Hall–Kier alpha value is -1.85. The number of piperidine rings is 1. The molecular weight excluding hydrogens is 394 g/mol. The zero-order valence-electron chi connectivity index (χ0n) is 15.6. The molecule has 6 heteroatoms. The van der Waals surface area contributed by atoms with E-state index in [-0.39, 0.29) is 22.7 Å². The zero-order chi connectivity index (χ0) is 19.7. The molecule has 1 N–H and O–H groups in total. The highest BCUT2D eigenvalue weighted by Gasteiger charge is 2.41. The third-order valence-electron chi connectivity index (χ3n) is 6.18. The molecule has 148 valence electrons. The van der Waals surface area contributed by atoms with Crippen molar-refractivity contribution >= 4 is 40.5 Å². The van der Waals surface area contributed by atoms with Crippen LogP contribution in [0.25, 0.3) is 0 Å². The molecule has 2 atom stereocenters. The molecule has 2 aromatic rings. The number of nitrogens with zero attached hydrogens (tertiary/aromatic N) is 1. The highest BCUT2D eigenvalue weighted by atomic mass is 35.5. The van der Waals surface area contributed by atoms with Crippen molar-refractivity contribution < 1.29 is 14.7 Å². The molecule has 28 heavy (non-hydrogen) atoms. The fourth-order valence-electron chi connectivity index (χ4n) is 4.85. The smallest absolute Gasteiger partial charge is 0.348 e. The van der Waals surface area contributed by atoms with Crippen LogP contribution in [0.1, 0.15) is 66.1 Å². The fraction of sp³-hybridized carbons (Fsp3) is 0.455. The zero-order valence-corrected chi connectivity index (χ0v) is 17.2. The number of benzene rings is 1. The van der Waals surface area contributed by atoms with Crippen molar-refractivity contribution in [2.45, 2.75) is 56.9 Å². The minimum Gasteiger partial charge on any atom is -0.477 e. The third kappa shape index (κ3) is 3.83. The summed E-state index contributed by atoms with van der Waals surface area (Å²) in [4.78, 5) is 27.1. The van der Waals surface area contributed by atoms with E-state index >= 15 is 0 Å². The molecule has 2 aliphatic rings. The molecule has 0 spiro atoms. The van der Waals surface area contributed by atoms with E-state index in [1.807, 2.05) is 29.2 Å². The average molecular weight is 418 g/mol. The first kappa shape index (κ1) is 19.5. The lowest BCUT2D eigenvalue weighted by atomic mass is 9.75. The van der Waals surface area contributed by atoms with E-state index in [1.54, 1.807) is 11.4 Å². The van der Waals surface area contributed by atoms with Crippen LogP contribution in [0, 0.1) is 5.92 Å². The van der Waals surface area contributed by atoms with Crippen molar-refractivity contribution in [3.63, 3.8) is 0 Å². The molecule has 1 saturated carbocycles. The summed E-state index contributed by atoms with van der Waals surface area (Å²) in [5, 5.41) is 12.1. The van der Waals surface area contributed by atoms with Crippen LogP contribution in [0.2, 0.25) is 5.02 Å². The molecule has 1 aromatic carbocycles. The van der Waals surface area contributed by atoms with E-state index in [0.29, 0.717) is 23.0 Å². The molecule has 0 bridgehead atoms. The Morgan fingerprint density at radius 2 is 1.82 bits per heavy atom. The van der Waals surface area contributed by atoms with Gasteiger partial charge in [0.1, 0.15) is 4.88 Å². The first-order chi connectivity index (χ1) is 13.5. The number of halogens is 1. The topological polar surface area (TPSA) is 57.6 Å². The van der Waals surface area contributed by atoms with Gasteiger partial charge in [-0.3, -0.25) is 4.79 Å². The van der Waals surface area contributed by atoms with E-state index in [9.17, 15) is 14.7 Å². The van der Waals surface area contributed by atoms with Crippen molar-refractivity contribution in [2.75, 3.05) is 4.90 Å². The summed E-state index contributed by atoms with van der Waals surface area (Å²) in [5.74, 6) is -0.350. The van der Waals surface area contributed by atoms with E-state index in [4.69, 9.17) is 11.6 Å². The van der Waals surface area contributed by atoms with Crippen molar-refractivity contribution in [1.29, 1.82) is 0 Å². The maximum absolute atomic E-state index is 13.3. The maximum Gasteiger partial charge on any atom is 0.348 e. The predicted molar refractivity (Wildman–Crippen MR) is 113 cm³/mol. The van der Waals surface area contributed by atoms with Gasteiger partial charge in [-0.1, -0.05) is 43.0 Å². The van der Waals surface area contributed by atoms with Gasteiger partial charge in [-0.2, -0.15) is 0 Å². The van der Waals surface area contributed by atoms with Crippen LogP contribution in [-0.2, 0) is 4.79 Å². The van der Waals surface area contributed by atoms with Gasteiger partial charge in [-0.15, -0.1) is 11.3 Å². The number of carboxylic acids is 1. The van der Waals surface area contributed by atoms with Crippen molar-refractivity contribution in [3.05, 3.63) is 51.2 Å². The van der Waals surface area contributed by atoms with Crippen LogP contribution < -0.4 is 4.90 Å². The number of anilines is 1. The van der Waals surface area contributed by atoms with Gasteiger partial charge in [0.25, 0.3) is 0 Å². The summed E-state index contributed by atoms with van der Waals surface area (Å²) in [6, 6.07) is 9.64. The van der Waals surface area contributed by atoms with Crippen molar-refractivity contribution in [3.8, 4) is 0 Å². The number of carbonyl (C=O) groups is 2. The molecule has 1 amide bonds. The molecule has 1 aliphatic heterocycles. The summed E-state index contributed by atoms with van der Waals surface area (Å²) in [5.41, 5.74) is 1.72. The van der Waals surface area contributed by atoms with Crippen LogP contribution in [0.5, 0.6) is 0 Å². The second kappa shape index (κ2) is 8.26. The molecule has 1 aliphatic carbocycles. The standard InChI is InChI=1S/C22H24ClNO3S/c23-17-8-6-14(7-9-17)16-12-19(15-4-2-1-3-5-15)24(20(25)13-16)18-10-11-28-21(18)22(26)27/h6-11,15-16,19H,1-5,12-13H2,(H,26,27). The lowest BCUT2D eigenvalue weighted by Gasteiger charge is -2.44. The number of hydrogen-bond donors (Lipinski definition) is 1. The summed E-state index contributed by atoms with van der Waals surface area (Å²) >= 11 is 7.23. The largest absolute Gasteiger partial charge is 0.477 e. The lowest BCUT2D eigenvalue weighted by Crippen LogP contribution is -2.50. The molecule has 1 aromatic heterocycles. The van der Waals surface area contributed by atoms with Crippen molar-refractivity contribution in [2.24, 2.45) is 5.92 Å². The van der Waals surface area contributed by atoms with Gasteiger partial charge in [0, 0.05) is 17.5 Å². The highest BCUT2D eigenvalue weighted by molar-refractivity contribution is 7.12. The average Bonchev–Trinajstić information content (AvgIpc) is 3.18. The van der Waals surface area contributed by atoms with Gasteiger partial charge in [0.15, 0.2) is 0 Å². The number of aromatic carboxylic acids is 1. The monoisotopic (exact) mass is 417 g/mol. The number of thiophene rings is 1.